The highest BCUT2D eigenvalue weighted by atomic mass is 79.9. The molecule has 0 bridgehead atoms. The maximum absolute atomic E-state index is 6.10. The molecular formula is C12H14BrN3S. The van der Waals surface area contributed by atoms with Crippen molar-refractivity contribution in [2.24, 2.45) is 12.8 Å². The first-order valence-corrected chi connectivity index (χ1v) is 7.06. The van der Waals surface area contributed by atoms with Crippen molar-refractivity contribution in [2.75, 3.05) is 5.75 Å². The van der Waals surface area contributed by atoms with Crippen molar-refractivity contribution in [3.63, 3.8) is 0 Å². The van der Waals surface area contributed by atoms with E-state index in [0.717, 1.165) is 16.0 Å². The van der Waals surface area contributed by atoms with E-state index in [1.165, 1.54) is 4.90 Å². The number of nitrogens with zero attached hydrogens (tertiary/aromatic N) is 2. The van der Waals surface area contributed by atoms with Crippen LogP contribution in [0.3, 0.4) is 0 Å². The van der Waals surface area contributed by atoms with Crippen LogP contribution in [0.15, 0.2) is 46.0 Å². The standard InChI is InChI=1S/C12H14BrN3S/c1-16-7-6-15-12(16)11(14)8-17-10-4-2-9(13)3-5-10/h2-7,11H,8,14H2,1H3. The molecule has 1 unspecified atom stereocenters. The number of rotatable bonds is 4. The summed E-state index contributed by atoms with van der Waals surface area (Å²) < 4.78 is 3.06. The molecule has 2 N–H and O–H groups in total. The minimum atomic E-state index is -0.0383. The molecule has 0 spiro atoms. The minimum Gasteiger partial charge on any atom is -0.337 e. The molecule has 0 aliphatic heterocycles. The molecule has 1 aromatic heterocycles. The van der Waals surface area contributed by atoms with Gasteiger partial charge in [-0.3, -0.25) is 0 Å². The van der Waals surface area contributed by atoms with Crippen LogP contribution in [0.4, 0.5) is 0 Å². The molecule has 0 aliphatic carbocycles. The van der Waals surface area contributed by atoms with E-state index in [9.17, 15) is 0 Å². The van der Waals surface area contributed by atoms with Crippen LogP contribution in [0, 0.1) is 0 Å². The highest BCUT2D eigenvalue weighted by Gasteiger charge is 2.10. The topological polar surface area (TPSA) is 43.8 Å². The van der Waals surface area contributed by atoms with Crippen LogP contribution in [0.5, 0.6) is 0 Å². The number of aryl methyl sites for hydroxylation is 1. The molecule has 2 rings (SSSR count). The molecule has 90 valence electrons. The first-order chi connectivity index (χ1) is 8.16. The fraction of sp³-hybridized carbons (Fsp3) is 0.250. The summed E-state index contributed by atoms with van der Waals surface area (Å²) in [5.74, 6) is 1.75. The van der Waals surface area contributed by atoms with Crippen molar-refractivity contribution >= 4 is 27.7 Å². The number of thioether (sulfide) groups is 1. The van der Waals surface area contributed by atoms with Gasteiger partial charge in [-0.2, -0.15) is 0 Å². The summed E-state index contributed by atoms with van der Waals surface area (Å²) in [6.07, 6.45) is 3.69. The van der Waals surface area contributed by atoms with Gasteiger partial charge in [-0.15, -0.1) is 11.8 Å². The Hall–Kier alpha value is -0.780. The van der Waals surface area contributed by atoms with Gasteiger partial charge >= 0.3 is 0 Å². The van der Waals surface area contributed by atoms with Gasteiger partial charge in [-0.1, -0.05) is 15.9 Å². The summed E-state index contributed by atoms with van der Waals surface area (Å²) >= 11 is 5.16. The van der Waals surface area contributed by atoms with Crippen molar-refractivity contribution in [1.82, 2.24) is 9.55 Å². The van der Waals surface area contributed by atoms with Gasteiger partial charge in [0, 0.05) is 34.6 Å². The summed E-state index contributed by atoms with van der Waals surface area (Å²) in [5.41, 5.74) is 6.10. The Balaban J connectivity index is 1.94. The number of halogens is 1. The Morgan fingerprint density at radius 1 is 1.41 bits per heavy atom. The highest BCUT2D eigenvalue weighted by molar-refractivity contribution is 9.10. The van der Waals surface area contributed by atoms with Gasteiger partial charge in [0.25, 0.3) is 0 Å². The average Bonchev–Trinajstić information content (AvgIpc) is 2.74. The normalized spacial score (nSPS) is 12.6. The lowest BCUT2D eigenvalue weighted by Crippen LogP contribution is -2.17. The van der Waals surface area contributed by atoms with E-state index >= 15 is 0 Å². The molecule has 17 heavy (non-hydrogen) atoms. The summed E-state index contributed by atoms with van der Waals surface area (Å²) in [4.78, 5) is 5.48. The predicted molar refractivity (Wildman–Crippen MR) is 75.0 cm³/mol. The Kier molecular flexibility index (Phi) is 4.25. The second kappa shape index (κ2) is 5.71. The fourth-order valence-corrected chi connectivity index (χ4v) is 2.64. The van der Waals surface area contributed by atoms with Crippen molar-refractivity contribution in [2.45, 2.75) is 10.9 Å². The van der Waals surface area contributed by atoms with Crippen LogP contribution in [-0.2, 0) is 7.05 Å². The molecule has 0 saturated heterocycles. The predicted octanol–water partition coefficient (Wildman–Crippen LogP) is 2.97. The number of nitrogens with two attached hydrogens (primary N) is 1. The number of hydrogen-bond acceptors (Lipinski definition) is 3. The monoisotopic (exact) mass is 311 g/mol. The number of benzene rings is 1. The zero-order valence-corrected chi connectivity index (χ0v) is 11.9. The SMILES string of the molecule is Cn1ccnc1C(N)CSc1ccc(Br)cc1. The number of hydrogen-bond donors (Lipinski definition) is 1. The van der Waals surface area contributed by atoms with Crippen molar-refractivity contribution in [1.29, 1.82) is 0 Å². The van der Waals surface area contributed by atoms with Gasteiger partial charge in [0.05, 0.1) is 6.04 Å². The van der Waals surface area contributed by atoms with Crippen LogP contribution in [0.2, 0.25) is 0 Å². The van der Waals surface area contributed by atoms with E-state index in [1.807, 2.05) is 29.9 Å². The molecule has 3 nitrogen and oxygen atoms in total. The Morgan fingerprint density at radius 3 is 2.71 bits per heavy atom. The summed E-state index contributed by atoms with van der Waals surface area (Å²) in [5, 5.41) is 0. The molecule has 2 aromatic rings. The third-order valence-corrected chi connectivity index (χ3v) is 4.09. The number of imidazole rings is 1. The van der Waals surface area contributed by atoms with Crippen molar-refractivity contribution in [3.8, 4) is 0 Å². The molecule has 1 heterocycles. The molecule has 0 amide bonds. The van der Waals surface area contributed by atoms with Crippen LogP contribution >= 0.6 is 27.7 Å². The molecule has 0 fully saturated rings. The third-order valence-electron chi connectivity index (χ3n) is 2.43. The van der Waals surface area contributed by atoms with Gasteiger partial charge in [0.1, 0.15) is 5.82 Å². The lowest BCUT2D eigenvalue weighted by molar-refractivity contribution is 0.694. The van der Waals surface area contributed by atoms with E-state index in [2.05, 4.69) is 33.0 Å². The van der Waals surface area contributed by atoms with Gasteiger partial charge in [-0.25, -0.2) is 4.98 Å². The van der Waals surface area contributed by atoms with E-state index in [1.54, 1.807) is 18.0 Å². The fourth-order valence-electron chi connectivity index (χ4n) is 1.53. The van der Waals surface area contributed by atoms with Gasteiger partial charge in [-0.05, 0) is 24.3 Å². The summed E-state index contributed by atoms with van der Waals surface area (Å²) in [6.45, 7) is 0. The highest BCUT2D eigenvalue weighted by Crippen LogP contribution is 2.24. The largest absolute Gasteiger partial charge is 0.337 e. The zero-order chi connectivity index (χ0) is 12.3. The maximum atomic E-state index is 6.10. The van der Waals surface area contributed by atoms with E-state index in [4.69, 9.17) is 5.73 Å². The van der Waals surface area contributed by atoms with Crippen molar-refractivity contribution < 1.29 is 0 Å². The van der Waals surface area contributed by atoms with Gasteiger partial charge in [0.2, 0.25) is 0 Å². The van der Waals surface area contributed by atoms with Gasteiger partial charge < -0.3 is 10.3 Å². The van der Waals surface area contributed by atoms with Gasteiger partial charge in [0.15, 0.2) is 0 Å². The Labute approximate surface area is 114 Å². The molecular weight excluding hydrogens is 298 g/mol. The Bertz CT molecular complexity index is 481. The lowest BCUT2D eigenvalue weighted by atomic mass is 10.3. The number of aromatic nitrogens is 2. The second-order valence-corrected chi connectivity index (χ2v) is 5.78. The van der Waals surface area contributed by atoms with Crippen molar-refractivity contribution in [3.05, 3.63) is 47.0 Å². The lowest BCUT2D eigenvalue weighted by Gasteiger charge is -2.11. The van der Waals surface area contributed by atoms with Crippen LogP contribution in [0.25, 0.3) is 0 Å². The van der Waals surface area contributed by atoms with Crippen LogP contribution in [-0.4, -0.2) is 15.3 Å². The summed E-state index contributed by atoms with van der Waals surface area (Å²) in [7, 11) is 1.96. The van der Waals surface area contributed by atoms with E-state index in [-0.39, 0.29) is 6.04 Å². The van der Waals surface area contributed by atoms with E-state index < -0.39 is 0 Å². The molecule has 0 saturated carbocycles. The molecule has 5 heteroatoms. The third kappa shape index (κ3) is 3.34. The summed E-state index contributed by atoms with van der Waals surface area (Å²) in [6, 6.07) is 8.20. The molecule has 1 atom stereocenters. The second-order valence-electron chi connectivity index (χ2n) is 3.77. The smallest absolute Gasteiger partial charge is 0.126 e. The van der Waals surface area contributed by atoms with Crippen LogP contribution < -0.4 is 5.73 Å². The minimum absolute atomic E-state index is 0.0383. The van der Waals surface area contributed by atoms with E-state index in [0.29, 0.717) is 0 Å². The zero-order valence-electron chi connectivity index (χ0n) is 9.51. The average molecular weight is 312 g/mol. The molecule has 1 aromatic carbocycles. The van der Waals surface area contributed by atoms with Crippen LogP contribution in [0.1, 0.15) is 11.9 Å². The first-order valence-electron chi connectivity index (χ1n) is 5.28. The molecule has 0 radical (unpaired) electrons. The quantitative estimate of drug-likeness (QED) is 0.883. The Morgan fingerprint density at radius 2 is 2.12 bits per heavy atom. The molecule has 0 aliphatic rings. The first kappa shape index (κ1) is 12.7. The maximum Gasteiger partial charge on any atom is 0.126 e.